The highest BCUT2D eigenvalue weighted by Crippen LogP contribution is 2.40. The van der Waals surface area contributed by atoms with E-state index in [9.17, 15) is 4.39 Å². The molecule has 4 heteroatoms. The predicted molar refractivity (Wildman–Crippen MR) is 78.3 cm³/mol. The summed E-state index contributed by atoms with van der Waals surface area (Å²) >= 11 is 7.71. The Labute approximate surface area is 121 Å². The quantitative estimate of drug-likeness (QED) is 0.851. The molecule has 100 valence electrons. The van der Waals surface area contributed by atoms with Gasteiger partial charge in [-0.2, -0.15) is 0 Å². The summed E-state index contributed by atoms with van der Waals surface area (Å²) in [7, 11) is 0. The topological polar surface area (TPSA) is 12.0 Å². The minimum absolute atomic E-state index is 0.00387. The van der Waals surface area contributed by atoms with E-state index in [0.29, 0.717) is 0 Å². The number of thiophene rings is 1. The van der Waals surface area contributed by atoms with Crippen molar-refractivity contribution >= 4 is 22.9 Å². The highest BCUT2D eigenvalue weighted by atomic mass is 35.5. The van der Waals surface area contributed by atoms with Gasteiger partial charge in [0.05, 0.1) is 4.34 Å². The van der Waals surface area contributed by atoms with Gasteiger partial charge in [0.25, 0.3) is 0 Å². The van der Waals surface area contributed by atoms with Gasteiger partial charge in [0.2, 0.25) is 0 Å². The number of rotatable bonds is 3. The van der Waals surface area contributed by atoms with E-state index in [2.05, 4.69) is 5.32 Å². The van der Waals surface area contributed by atoms with Crippen LogP contribution in [0.3, 0.4) is 0 Å². The number of fused-ring (bicyclic) bond motifs is 1. The summed E-state index contributed by atoms with van der Waals surface area (Å²) in [5.41, 5.74) is 2.01. The zero-order chi connectivity index (χ0) is 13.4. The first-order valence-electron chi connectivity index (χ1n) is 6.43. The fraction of sp³-hybridized carbons (Fsp3) is 0.333. The fourth-order valence-corrected chi connectivity index (χ4v) is 4.08. The molecule has 19 heavy (non-hydrogen) atoms. The third kappa shape index (κ3) is 2.55. The molecule has 1 nitrogen and oxygen atoms in total. The van der Waals surface area contributed by atoms with Crippen molar-refractivity contribution in [1.29, 1.82) is 0 Å². The average Bonchev–Trinajstić information content (AvgIpc) is 2.90. The second-order valence-corrected chi connectivity index (χ2v) is 6.70. The van der Waals surface area contributed by atoms with Crippen LogP contribution in [0.1, 0.15) is 41.4 Å². The Morgan fingerprint density at radius 2 is 2.21 bits per heavy atom. The van der Waals surface area contributed by atoms with Crippen LogP contribution in [0.5, 0.6) is 0 Å². The van der Waals surface area contributed by atoms with E-state index in [0.717, 1.165) is 22.7 Å². The smallest absolute Gasteiger partial charge is 0.127 e. The Morgan fingerprint density at radius 3 is 3.00 bits per heavy atom. The molecule has 0 fully saturated rings. The molecule has 3 rings (SSSR count). The van der Waals surface area contributed by atoms with Crippen molar-refractivity contribution in [2.45, 2.75) is 31.8 Å². The van der Waals surface area contributed by atoms with Crippen molar-refractivity contribution < 1.29 is 4.39 Å². The van der Waals surface area contributed by atoms with Gasteiger partial charge in [-0.3, -0.25) is 0 Å². The van der Waals surface area contributed by atoms with Gasteiger partial charge in [-0.15, -0.1) is 11.3 Å². The molecule has 1 aromatic heterocycles. The van der Waals surface area contributed by atoms with Gasteiger partial charge in [0, 0.05) is 22.5 Å². The lowest BCUT2D eigenvalue weighted by Crippen LogP contribution is -2.23. The highest BCUT2D eigenvalue weighted by molar-refractivity contribution is 7.16. The molecule has 1 heterocycles. The standard InChI is InChI=1S/C15H15ClFNS/c1-9(10-4-2-3-5-12(10)17)18-13-6-7-14-11(13)8-15(16)19-14/h2-5,8-9,13,18H,6-7H2,1H3/t9-,13?/m1/s1. The van der Waals surface area contributed by atoms with Crippen LogP contribution < -0.4 is 5.32 Å². The maximum atomic E-state index is 13.8. The first-order valence-corrected chi connectivity index (χ1v) is 7.63. The van der Waals surface area contributed by atoms with Gasteiger partial charge in [0.15, 0.2) is 0 Å². The number of nitrogens with one attached hydrogen (secondary N) is 1. The molecular formula is C15H15ClFNS. The maximum Gasteiger partial charge on any atom is 0.127 e. The van der Waals surface area contributed by atoms with Crippen LogP contribution in [0.4, 0.5) is 4.39 Å². The Kier molecular flexibility index (Phi) is 3.61. The number of halogens is 2. The third-order valence-electron chi connectivity index (χ3n) is 3.67. The van der Waals surface area contributed by atoms with Crippen LogP contribution in [-0.4, -0.2) is 0 Å². The van der Waals surface area contributed by atoms with Gasteiger partial charge in [-0.1, -0.05) is 29.8 Å². The van der Waals surface area contributed by atoms with E-state index >= 15 is 0 Å². The molecule has 1 aliphatic rings. The second kappa shape index (κ2) is 5.23. The van der Waals surface area contributed by atoms with Gasteiger partial charge >= 0.3 is 0 Å². The summed E-state index contributed by atoms with van der Waals surface area (Å²) in [6, 6.07) is 9.26. The lowest BCUT2D eigenvalue weighted by atomic mass is 10.1. The van der Waals surface area contributed by atoms with Gasteiger partial charge in [0.1, 0.15) is 5.82 Å². The normalized spacial score (nSPS) is 19.4. The summed E-state index contributed by atoms with van der Waals surface area (Å²) in [6.07, 6.45) is 2.13. The molecule has 2 atom stereocenters. The molecule has 1 unspecified atom stereocenters. The summed E-state index contributed by atoms with van der Waals surface area (Å²) in [6.45, 7) is 2.00. The molecule has 0 saturated heterocycles. The fourth-order valence-electron chi connectivity index (χ4n) is 2.72. The van der Waals surface area contributed by atoms with E-state index in [1.807, 2.05) is 25.1 Å². The lowest BCUT2D eigenvalue weighted by Gasteiger charge is -2.20. The molecule has 0 spiro atoms. The van der Waals surface area contributed by atoms with Crippen LogP contribution in [0.25, 0.3) is 0 Å². The molecule has 0 radical (unpaired) electrons. The minimum Gasteiger partial charge on any atom is -0.303 e. The lowest BCUT2D eigenvalue weighted by molar-refractivity contribution is 0.450. The van der Waals surface area contributed by atoms with Crippen LogP contribution >= 0.6 is 22.9 Å². The van der Waals surface area contributed by atoms with Crippen molar-refractivity contribution in [3.8, 4) is 0 Å². The van der Waals surface area contributed by atoms with Crippen LogP contribution in [0.2, 0.25) is 4.34 Å². The monoisotopic (exact) mass is 295 g/mol. The van der Waals surface area contributed by atoms with Crippen LogP contribution in [0.15, 0.2) is 30.3 Å². The number of hydrogen-bond acceptors (Lipinski definition) is 2. The maximum absolute atomic E-state index is 13.8. The van der Waals surface area contributed by atoms with E-state index in [1.54, 1.807) is 17.4 Å². The van der Waals surface area contributed by atoms with Crippen molar-refractivity contribution in [3.63, 3.8) is 0 Å². The van der Waals surface area contributed by atoms with Crippen molar-refractivity contribution in [3.05, 3.63) is 56.5 Å². The van der Waals surface area contributed by atoms with Crippen molar-refractivity contribution in [1.82, 2.24) is 5.32 Å². The highest BCUT2D eigenvalue weighted by Gasteiger charge is 2.26. The Morgan fingerprint density at radius 1 is 1.42 bits per heavy atom. The SMILES string of the molecule is C[C@@H](NC1CCc2sc(Cl)cc21)c1ccccc1F. The van der Waals surface area contributed by atoms with E-state index in [1.165, 1.54) is 16.5 Å². The molecule has 0 aliphatic heterocycles. The van der Waals surface area contributed by atoms with Crippen LogP contribution in [0, 0.1) is 5.82 Å². The Balaban J connectivity index is 1.78. The zero-order valence-corrected chi connectivity index (χ0v) is 12.2. The molecule has 1 aliphatic carbocycles. The summed E-state index contributed by atoms with van der Waals surface area (Å²) in [5, 5.41) is 3.51. The molecule has 1 aromatic carbocycles. The Bertz CT molecular complexity index is 596. The Hall–Kier alpha value is -0.900. The molecule has 0 saturated carbocycles. The van der Waals surface area contributed by atoms with E-state index in [4.69, 9.17) is 11.6 Å². The molecule has 1 N–H and O–H groups in total. The number of aryl methyl sites for hydroxylation is 1. The molecule has 0 bridgehead atoms. The first kappa shape index (κ1) is 13.1. The van der Waals surface area contributed by atoms with Crippen molar-refractivity contribution in [2.24, 2.45) is 0 Å². The predicted octanol–water partition coefficient (Wildman–Crippen LogP) is 4.88. The van der Waals surface area contributed by atoms with E-state index in [-0.39, 0.29) is 17.9 Å². The zero-order valence-electron chi connectivity index (χ0n) is 10.6. The average molecular weight is 296 g/mol. The molecule has 0 amide bonds. The molecular weight excluding hydrogens is 281 g/mol. The number of benzene rings is 1. The molecule has 2 aromatic rings. The summed E-state index contributed by atoms with van der Waals surface area (Å²) in [4.78, 5) is 1.36. The first-order chi connectivity index (χ1) is 9.15. The van der Waals surface area contributed by atoms with E-state index < -0.39 is 0 Å². The summed E-state index contributed by atoms with van der Waals surface area (Å²) in [5.74, 6) is -0.149. The summed E-state index contributed by atoms with van der Waals surface area (Å²) < 4.78 is 14.6. The van der Waals surface area contributed by atoms with Gasteiger partial charge < -0.3 is 5.32 Å². The number of hydrogen-bond donors (Lipinski definition) is 1. The van der Waals surface area contributed by atoms with Gasteiger partial charge in [-0.25, -0.2) is 4.39 Å². The van der Waals surface area contributed by atoms with Gasteiger partial charge in [-0.05, 0) is 37.5 Å². The minimum atomic E-state index is -0.149. The third-order valence-corrected chi connectivity index (χ3v) is 5.01. The largest absolute Gasteiger partial charge is 0.303 e. The second-order valence-electron chi connectivity index (χ2n) is 4.93. The van der Waals surface area contributed by atoms with Crippen LogP contribution in [-0.2, 0) is 6.42 Å². The van der Waals surface area contributed by atoms with Crippen molar-refractivity contribution in [2.75, 3.05) is 0 Å².